The average Bonchev–Trinajstić information content (AvgIpc) is 2.80. The molecule has 1 fully saturated rings. The van der Waals surface area contributed by atoms with Gasteiger partial charge in [-0.2, -0.15) is 5.26 Å². The van der Waals surface area contributed by atoms with E-state index in [1.807, 2.05) is 85.8 Å². The second-order valence-corrected chi connectivity index (χ2v) is 8.57. The minimum absolute atomic E-state index is 0.723. The summed E-state index contributed by atoms with van der Waals surface area (Å²) in [6, 6.07) is 27.4. The molecule has 2 nitrogen and oxygen atoms in total. The van der Waals surface area contributed by atoms with Gasteiger partial charge in [0.15, 0.2) is 0 Å². The van der Waals surface area contributed by atoms with Crippen molar-refractivity contribution in [3.8, 4) is 17.6 Å². The van der Waals surface area contributed by atoms with Gasteiger partial charge in [0.25, 0.3) is 0 Å². The van der Waals surface area contributed by atoms with Crippen molar-refractivity contribution in [1.82, 2.24) is 0 Å². The van der Waals surface area contributed by atoms with Gasteiger partial charge in [-0.15, -0.1) is 0 Å². The Kier molecular flexibility index (Phi) is 10.4. The molecule has 0 radical (unpaired) electrons. The van der Waals surface area contributed by atoms with Crippen LogP contribution in [0, 0.1) is 37.0 Å². The van der Waals surface area contributed by atoms with Crippen molar-refractivity contribution in [3.63, 3.8) is 0 Å². The third kappa shape index (κ3) is 10.0. The molecule has 0 saturated heterocycles. The summed E-state index contributed by atoms with van der Waals surface area (Å²) in [5.41, 5.74) is 3.15. The van der Waals surface area contributed by atoms with E-state index in [2.05, 4.69) is 26.8 Å². The minimum atomic E-state index is 0.723. The van der Waals surface area contributed by atoms with E-state index < -0.39 is 0 Å². The Morgan fingerprint density at radius 3 is 1.52 bits per heavy atom. The van der Waals surface area contributed by atoms with E-state index in [1.54, 1.807) is 0 Å². The van der Waals surface area contributed by atoms with Gasteiger partial charge >= 0.3 is 0 Å². The van der Waals surface area contributed by atoms with Crippen LogP contribution in [0.5, 0.6) is 11.5 Å². The average molecular weight is 414 g/mol. The molecular weight excluding hydrogens is 378 g/mol. The van der Waals surface area contributed by atoms with Crippen LogP contribution in [0.25, 0.3) is 0 Å². The highest BCUT2D eigenvalue weighted by molar-refractivity contribution is 5.32. The fraction of sp³-hybridized carbons (Fsp3) is 0.345. The summed E-state index contributed by atoms with van der Waals surface area (Å²) in [6.45, 7) is 8.80. The molecule has 0 bridgehead atoms. The van der Waals surface area contributed by atoms with Crippen LogP contribution < -0.4 is 4.74 Å². The SMILES string of the molecule is CC1CCC(C)CC1.Cc1ccc(C#N)cc1.Cc1ccc(Oc2ccccc2)cc1. The lowest BCUT2D eigenvalue weighted by Gasteiger charge is -2.22. The third-order valence-corrected chi connectivity index (χ3v) is 5.49. The summed E-state index contributed by atoms with van der Waals surface area (Å²) >= 11 is 0. The number of aryl methyl sites for hydroxylation is 2. The molecule has 0 amide bonds. The van der Waals surface area contributed by atoms with Crippen molar-refractivity contribution in [2.45, 2.75) is 53.4 Å². The first-order valence-electron chi connectivity index (χ1n) is 11.2. The van der Waals surface area contributed by atoms with Crippen molar-refractivity contribution in [3.05, 3.63) is 95.6 Å². The van der Waals surface area contributed by atoms with Gasteiger partial charge < -0.3 is 4.74 Å². The molecule has 162 valence electrons. The lowest BCUT2D eigenvalue weighted by molar-refractivity contribution is 0.308. The van der Waals surface area contributed by atoms with Crippen LogP contribution >= 0.6 is 0 Å². The van der Waals surface area contributed by atoms with Gasteiger partial charge in [-0.1, -0.05) is 93.1 Å². The monoisotopic (exact) mass is 413 g/mol. The van der Waals surface area contributed by atoms with Crippen molar-refractivity contribution in [1.29, 1.82) is 5.26 Å². The fourth-order valence-electron chi connectivity index (χ4n) is 3.29. The Morgan fingerprint density at radius 2 is 1.06 bits per heavy atom. The van der Waals surface area contributed by atoms with Crippen molar-refractivity contribution in [2.75, 3.05) is 0 Å². The largest absolute Gasteiger partial charge is 0.457 e. The highest BCUT2D eigenvalue weighted by Gasteiger charge is 2.13. The summed E-state index contributed by atoms with van der Waals surface area (Å²) in [7, 11) is 0. The zero-order chi connectivity index (χ0) is 22.5. The molecule has 2 heteroatoms. The smallest absolute Gasteiger partial charge is 0.127 e. The van der Waals surface area contributed by atoms with E-state index in [0.29, 0.717) is 0 Å². The van der Waals surface area contributed by atoms with Crippen LogP contribution in [0.1, 0.15) is 56.2 Å². The predicted molar refractivity (Wildman–Crippen MR) is 130 cm³/mol. The Hall–Kier alpha value is -3.05. The normalized spacial score (nSPS) is 17.1. The second kappa shape index (κ2) is 13.3. The first-order valence-corrected chi connectivity index (χ1v) is 11.2. The molecule has 0 heterocycles. The highest BCUT2D eigenvalue weighted by Crippen LogP contribution is 2.27. The molecule has 1 saturated carbocycles. The molecular formula is C29H35NO. The Bertz CT molecular complexity index is 890. The Balaban J connectivity index is 0.000000175. The molecule has 0 spiro atoms. The molecule has 0 aliphatic heterocycles. The molecule has 0 unspecified atom stereocenters. The number of rotatable bonds is 2. The maximum absolute atomic E-state index is 8.38. The summed E-state index contributed by atoms with van der Waals surface area (Å²) in [4.78, 5) is 0. The molecule has 1 aliphatic carbocycles. The Morgan fingerprint density at radius 1 is 0.645 bits per heavy atom. The number of hydrogen-bond donors (Lipinski definition) is 0. The molecule has 31 heavy (non-hydrogen) atoms. The van der Waals surface area contributed by atoms with E-state index in [0.717, 1.165) is 28.9 Å². The fourth-order valence-corrected chi connectivity index (χ4v) is 3.29. The van der Waals surface area contributed by atoms with Crippen molar-refractivity contribution in [2.24, 2.45) is 11.8 Å². The number of ether oxygens (including phenoxy) is 1. The van der Waals surface area contributed by atoms with Crippen LogP contribution in [-0.2, 0) is 0 Å². The van der Waals surface area contributed by atoms with Gasteiger partial charge in [-0.05, 0) is 62.1 Å². The molecule has 3 aromatic carbocycles. The maximum Gasteiger partial charge on any atom is 0.127 e. The molecule has 4 rings (SSSR count). The molecule has 0 N–H and O–H groups in total. The van der Waals surface area contributed by atoms with Crippen LogP contribution in [0.2, 0.25) is 0 Å². The lowest BCUT2D eigenvalue weighted by atomic mass is 9.84. The quantitative estimate of drug-likeness (QED) is 0.422. The third-order valence-electron chi connectivity index (χ3n) is 5.49. The van der Waals surface area contributed by atoms with Gasteiger partial charge in [0.2, 0.25) is 0 Å². The number of benzene rings is 3. The van der Waals surface area contributed by atoms with Gasteiger partial charge in [0.1, 0.15) is 11.5 Å². The number of para-hydroxylation sites is 1. The zero-order valence-electron chi connectivity index (χ0n) is 19.3. The van der Waals surface area contributed by atoms with E-state index in [1.165, 1.54) is 36.8 Å². The maximum atomic E-state index is 8.38. The number of nitriles is 1. The van der Waals surface area contributed by atoms with Gasteiger partial charge in [-0.3, -0.25) is 0 Å². The van der Waals surface area contributed by atoms with Crippen LogP contribution in [-0.4, -0.2) is 0 Å². The molecule has 3 aromatic rings. The van der Waals surface area contributed by atoms with E-state index >= 15 is 0 Å². The van der Waals surface area contributed by atoms with E-state index in [4.69, 9.17) is 10.00 Å². The highest BCUT2D eigenvalue weighted by atomic mass is 16.5. The minimum Gasteiger partial charge on any atom is -0.457 e. The topological polar surface area (TPSA) is 33.0 Å². The van der Waals surface area contributed by atoms with Crippen molar-refractivity contribution >= 4 is 0 Å². The van der Waals surface area contributed by atoms with Crippen LogP contribution in [0.15, 0.2) is 78.9 Å². The van der Waals surface area contributed by atoms with E-state index in [9.17, 15) is 0 Å². The van der Waals surface area contributed by atoms with Gasteiger partial charge in [-0.25, -0.2) is 0 Å². The Labute approximate surface area is 188 Å². The molecule has 0 atom stereocenters. The van der Waals surface area contributed by atoms with E-state index in [-0.39, 0.29) is 0 Å². The summed E-state index contributed by atoms with van der Waals surface area (Å²) in [5, 5.41) is 8.38. The number of nitrogens with zero attached hydrogens (tertiary/aromatic N) is 1. The number of hydrogen-bond acceptors (Lipinski definition) is 2. The lowest BCUT2D eigenvalue weighted by Crippen LogP contribution is -2.08. The first kappa shape index (κ1) is 24.2. The molecule has 1 aliphatic rings. The summed E-state index contributed by atoms with van der Waals surface area (Å²) in [6.07, 6.45) is 5.89. The van der Waals surface area contributed by atoms with Crippen LogP contribution in [0.3, 0.4) is 0 Å². The van der Waals surface area contributed by atoms with Crippen LogP contribution in [0.4, 0.5) is 0 Å². The van der Waals surface area contributed by atoms with Crippen molar-refractivity contribution < 1.29 is 4.74 Å². The van der Waals surface area contributed by atoms with Gasteiger partial charge in [0.05, 0.1) is 11.6 Å². The molecule has 0 aromatic heterocycles. The zero-order valence-corrected chi connectivity index (χ0v) is 19.3. The summed E-state index contributed by atoms with van der Waals surface area (Å²) < 4.78 is 5.63. The predicted octanol–water partition coefficient (Wildman–Crippen LogP) is 8.49. The van der Waals surface area contributed by atoms with Gasteiger partial charge in [0, 0.05) is 0 Å². The second-order valence-electron chi connectivity index (χ2n) is 8.57. The first-order chi connectivity index (χ1) is 15.0. The standard InChI is InChI=1S/C13H12O.C8H7N.C8H16/c1-11-7-9-13(10-8-11)14-12-5-3-2-4-6-12;1-7-2-4-8(6-9)5-3-7;1-7-3-5-8(2)6-4-7/h2-10H,1H3;2-5H,1H3;7-8H,3-6H2,1-2H3. The summed E-state index contributed by atoms with van der Waals surface area (Å²) in [5.74, 6) is 3.79.